The van der Waals surface area contributed by atoms with Crippen molar-refractivity contribution in [2.24, 2.45) is 0 Å². The molecule has 0 spiro atoms. The smallest absolute Gasteiger partial charge is 0.340 e. The van der Waals surface area contributed by atoms with Gasteiger partial charge in [0.25, 0.3) is 5.69 Å². The van der Waals surface area contributed by atoms with Gasteiger partial charge in [0.2, 0.25) is 6.79 Å². The highest BCUT2D eigenvalue weighted by molar-refractivity contribution is 9.10. The lowest BCUT2D eigenvalue weighted by molar-refractivity contribution is -0.384. The lowest BCUT2D eigenvalue weighted by atomic mass is 10.1. The number of esters is 1. The second-order valence-corrected chi connectivity index (χ2v) is 5.96. The van der Waals surface area contributed by atoms with Crippen LogP contribution in [0.5, 0.6) is 11.5 Å². The molecular formula is C16H13BrN2O6. The molecule has 0 aliphatic carbocycles. The van der Waals surface area contributed by atoms with E-state index in [9.17, 15) is 14.9 Å². The van der Waals surface area contributed by atoms with Crippen molar-refractivity contribution in [3.8, 4) is 11.5 Å². The number of hydrogen-bond acceptors (Lipinski definition) is 7. The predicted octanol–water partition coefficient (Wildman–Crippen LogP) is 3.48. The van der Waals surface area contributed by atoms with Gasteiger partial charge in [-0.2, -0.15) is 0 Å². The van der Waals surface area contributed by atoms with Crippen LogP contribution in [0.1, 0.15) is 15.9 Å². The molecule has 0 fully saturated rings. The van der Waals surface area contributed by atoms with Gasteiger partial charge in [0, 0.05) is 34.9 Å². The monoisotopic (exact) mass is 408 g/mol. The molecule has 0 amide bonds. The summed E-state index contributed by atoms with van der Waals surface area (Å²) in [5.41, 5.74) is 1.04. The van der Waals surface area contributed by atoms with Gasteiger partial charge in [-0.15, -0.1) is 0 Å². The summed E-state index contributed by atoms with van der Waals surface area (Å²) in [4.78, 5) is 22.7. The molecule has 1 aliphatic heterocycles. The number of nitrogens with one attached hydrogen (secondary N) is 1. The SMILES string of the molecule is CNc1ccc([N+](=O)[O-])cc1C(=O)OCc1cc2c(cc1Br)OCO2. The Morgan fingerprint density at radius 1 is 1.32 bits per heavy atom. The number of halogens is 1. The Balaban J connectivity index is 1.79. The Kier molecular flexibility index (Phi) is 4.75. The number of rotatable bonds is 5. The van der Waals surface area contributed by atoms with Gasteiger partial charge in [-0.25, -0.2) is 4.79 Å². The lowest BCUT2D eigenvalue weighted by Gasteiger charge is -2.10. The predicted molar refractivity (Wildman–Crippen MR) is 92.0 cm³/mol. The molecule has 0 aromatic heterocycles. The van der Waals surface area contributed by atoms with Crippen LogP contribution in [0.25, 0.3) is 0 Å². The van der Waals surface area contributed by atoms with E-state index in [0.29, 0.717) is 27.2 Å². The maximum absolute atomic E-state index is 12.4. The van der Waals surface area contributed by atoms with Crippen LogP contribution < -0.4 is 14.8 Å². The lowest BCUT2D eigenvalue weighted by Crippen LogP contribution is -2.09. The van der Waals surface area contributed by atoms with Crippen molar-refractivity contribution in [1.29, 1.82) is 0 Å². The van der Waals surface area contributed by atoms with E-state index in [0.717, 1.165) is 0 Å². The standard InChI is InChI=1S/C16H13BrN2O6/c1-18-13-3-2-10(19(21)22)5-11(13)16(20)23-7-9-4-14-15(6-12(9)17)25-8-24-14/h2-6,18H,7-8H2,1H3. The summed E-state index contributed by atoms with van der Waals surface area (Å²) >= 11 is 3.39. The van der Waals surface area contributed by atoms with Gasteiger partial charge in [-0.1, -0.05) is 15.9 Å². The Hall–Kier alpha value is -2.81. The number of benzene rings is 2. The second-order valence-electron chi connectivity index (χ2n) is 5.11. The molecule has 1 heterocycles. The summed E-state index contributed by atoms with van der Waals surface area (Å²) in [7, 11) is 1.62. The van der Waals surface area contributed by atoms with E-state index in [4.69, 9.17) is 14.2 Å². The summed E-state index contributed by atoms with van der Waals surface area (Å²) in [6.45, 7) is 0.117. The molecule has 1 aliphatic rings. The number of ether oxygens (including phenoxy) is 3. The number of nitrogens with zero attached hydrogens (tertiary/aromatic N) is 1. The van der Waals surface area contributed by atoms with Gasteiger partial charge < -0.3 is 19.5 Å². The summed E-state index contributed by atoms with van der Waals surface area (Å²) < 4.78 is 16.6. The van der Waals surface area contributed by atoms with Crippen molar-refractivity contribution < 1.29 is 23.9 Å². The van der Waals surface area contributed by atoms with E-state index in [-0.39, 0.29) is 24.7 Å². The van der Waals surface area contributed by atoms with Crippen molar-refractivity contribution >= 4 is 33.3 Å². The number of hydrogen-bond donors (Lipinski definition) is 1. The van der Waals surface area contributed by atoms with Crippen LogP contribution >= 0.6 is 15.9 Å². The van der Waals surface area contributed by atoms with Crippen LogP contribution in [0.15, 0.2) is 34.8 Å². The largest absolute Gasteiger partial charge is 0.457 e. The van der Waals surface area contributed by atoms with Crippen molar-refractivity contribution in [1.82, 2.24) is 0 Å². The highest BCUT2D eigenvalue weighted by Gasteiger charge is 2.20. The number of nitro groups is 1. The van der Waals surface area contributed by atoms with Crippen molar-refractivity contribution in [3.05, 3.63) is 56.0 Å². The van der Waals surface area contributed by atoms with Gasteiger partial charge in [0.05, 0.1) is 10.5 Å². The summed E-state index contributed by atoms with van der Waals surface area (Å²) in [6.07, 6.45) is 0. The van der Waals surface area contributed by atoms with E-state index in [2.05, 4.69) is 21.2 Å². The van der Waals surface area contributed by atoms with Crippen molar-refractivity contribution in [2.75, 3.05) is 19.2 Å². The molecule has 0 saturated carbocycles. The van der Waals surface area contributed by atoms with Gasteiger partial charge in [-0.3, -0.25) is 10.1 Å². The zero-order valence-electron chi connectivity index (χ0n) is 13.1. The minimum Gasteiger partial charge on any atom is -0.457 e. The van der Waals surface area contributed by atoms with E-state index in [1.807, 2.05) is 0 Å². The molecule has 0 atom stereocenters. The molecular weight excluding hydrogens is 396 g/mol. The fourth-order valence-corrected chi connectivity index (χ4v) is 2.76. The maximum Gasteiger partial charge on any atom is 0.340 e. The van der Waals surface area contributed by atoms with E-state index in [1.54, 1.807) is 19.2 Å². The first-order chi connectivity index (χ1) is 12.0. The van der Waals surface area contributed by atoms with Crippen LogP contribution in [-0.2, 0) is 11.3 Å². The van der Waals surface area contributed by atoms with Gasteiger partial charge in [-0.05, 0) is 18.2 Å². The number of carbonyl (C=O) groups excluding carboxylic acids is 1. The third-order valence-corrected chi connectivity index (χ3v) is 4.34. The number of anilines is 1. The molecule has 25 heavy (non-hydrogen) atoms. The molecule has 0 unspecified atom stereocenters. The Morgan fingerprint density at radius 3 is 2.72 bits per heavy atom. The van der Waals surface area contributed by atoms with Crippen LogP contribution in [-0.4, -0.2) is 24.7 Å². The Labute approximate surface area is 151 Å². The minimum atomic E-state index is -0.669. The maximum atomic E-state index is 12.4. The first-order valence-electron chi connectivity index (χ1n) is 7.21. The van der Waals surface area contributed by atoms with Gasteiger partial charge in [0.15, 0.2) is 11.5 Å². The molecule has 2 aromatic rings. The number of nitro benzene ring substituents is 1. The highest BCUT2D eigenvalue weighted by atomic mass is 79.9. The van der Waals surface area contributed by atoms with Crippen molar-refractivity contribution in [3.63, 3.8) is 0 Å². The summed E-state index contributed by atoms with van der Waals surface area (Å²) in [6, 6.07) is 7.41. The van der Waals surface area contributed by atoms with Crippen LogP contribution in [0.3, 0.4) is 0 Å². The molecule has 2 aromatic carbocycles. The van der Waals surface area contributed by atoms with E-state index >= 15 is 0 Å². The second kappa shape index (κ2) is 6.98. The average Bonchev–Trinajstić information content (AvgIpc) is 3.05. The van der Waals surface area contributed by atoms with Gasteiger partial charge in [0.1, 0.15) is 6.61 Å². The Bertz CT molecular complexity index is 855. The zero-order valence-corrected chi connectivity index (χ0v) is 14.7. The fourth-order valence-electron chi connectivity index (χ4n) is 2.32. The fraction of sp³-hybridized carbons (Fsp3) is 0.188. The third kappa shape index (κ3) is 3.50. The van der Waals surface area contributed by atoms with Crippen molar-refractivity contribution in [2.45, 2.75) is 6.61 Å². The summed E-state index contributed by atoms with van der Waals surface area (Å²) in [5, 5.41) is 13.7. The average molecular weight is 409 g/mol. The number of fused-ring (bicyclic) bond motifs is 1. The molecule has 0 bridgehead atoms. The minimum absolute atomic E-state index is 0.0259. The van der Waals surface area contributed by atoms with Crippen LogP contribution in [0.4, 0.5) is 11.4 Å². The third-order valence-electron chi connectivity index (χ3n) is 3.60. The number of carbonyl (C=O) groups is 1. The highest BCUT2D eigenvalue weighted by Crippen LogP contribution is 2.37. The quantitative estimate of drug-likeness (QED) is 0.459. The van der Waals surface area contributed by atoms with E-state index in [1.165, 1.54) is 18.2 Å². The first kappa shape index (κ1) is 17.0. The molecule has 3 rings (SSSR count). The molecule has 8 nitrogen and oxygen atoms in total. The first-order valence-corrected chi connectivity index (χ1v) is 8.00. The normalized spacial score (nSPS) is 11.9. The molecule has 0 saturated heterocycles. The Morgan fingerprint density at radius 2 is 2.04 bits per heavy atom. The van der Waals surface area contributed by atoms with Crippen LogP contribution in [0.2, 0.25) is 0 Å². The zero-order chi connectivity index (χ0) is 18.0. The molecule has 130 valence electrons. The number of non-ortho nitro benzene ring substituents is 1. The molecule has 1 N–H and O–H groups in total. The molecule has 9 heteroatoms. The summed E-state index contributed by atoms with van der Waals surface area (Å²) in [5.74, 6) is 0.510. The van der Waals surface area contributed by atoms with E-state index < -0.39 is 10.9 Å². The van der Waals surface area contributed by atoms with Crippen LogP contribution in [0, 0.1) is 10.1 Å². The van der Waals surface area contributed by atoms with Gasteiger partial charge >= 0.3 is 5.97 Å². The molecule has 0 radical (unpaired) electrons. The topological polar surface area (TPSA) is 99.9 Å².